The molecule has 21 heavy (non-hydrogen) atoms. The molecule has 2 aromatic rings. The van der Waals surface area contributed by atoms with Gasteiger partial charge in [-0.2, -0.15) is 0 Å². The van der Waals surface area contributed by atoms with Gasteiger partial charge in [-0.25, -0.2) is 4.98 Å². The molecule has 0 radical (unpaired) electrons. The van der Waals surface area contributed by atoms with Gasteiger partial charge in [0.25, 0.3) is 0 Å². The van der Waals surface area contributed by atoms with Crippen LogP contribution >= 0.6 is 11.3 Å². The summed E-state index contributed by atoms with van der Waals surface area (Å²) in [4.78, 5) is 16.3. The van der Waals surface area contributed by atoms with Crippen LogP contribution in [0.2, 0.25) is 0 Å². The van der Waals surface area contributed by atoms with E-state index in [9.17, 15) is 9.90 Å². The monoisotopic (exact) mass is 308 g/mol. The van der Waals surface area contributed by atoms with Gasteiger partial charge in [0.15, 0.2) is 0 Å². The highest BCUT2D eigenvalue weighted by Gasteiger charge is 2.11. The number of carbonyl (C=O) groups excluding carboxylic acids is 1. The number of aliphatic hydroxyl groups excluding tert-OH is 1. The topological polar surface area (TPSA) is 75.4 Å². The van der Waals surface area contributed by atoms with E-state index in [1.54, 1.807) is 19.5 Å². The van der Waals surface area contributed by atoms with Crippen LogP contribution in [0.1, 0.15) is 26.0 Å². The average Bonchev–Trinajstić information content (AvgIpc) is 3.05. The van der Waals surface area contributed by atoms with Crippen LogP contribution in [0, 0.1) is 5.92 Å². The highest BCUT2D eigenvalue weighted by atomic mass is 32.1. The Labute approximate surface area is 128 Å². The zero-order valence-electron chi connectivity index (χ0n) is 12.2. The average molecular weight is 308 g/mol. The Morgan fingerprint density at radius 2 is 2.33 bits per heavy atom. The Hall–Kier alpha value is -1.66. The fraction of sp³-hybridized carbons (Fsp3) is 0.467. The zero-order valence-corrected chi connectivity index (χ0v) is 13.0. The van der Waals surface area contributed by atoms with Crippen molar-refractivity contribution in [2.45, 2.75) is 32.8 Å². The molecule has 1 amide bonds. The lowest BCUT2D eigenvalue weighted by atomic mass is 10.0. The number of amides is 1. The zero-order chi connectivity index (χ0) is 15.2. The third kappa shape index (κ3) is 4.99. The molecule has 5 nitrogen and oxygen atoms in total. The predicted octanol–water partition coefficient (Wildman–Crippen LogP) is 2.47. The molecule has 2 unspecified atom stereocenters. The molecule has 2 N–H and O–H groups in total. The first kappa shape index (κ1) is 15.7. The Bertz CT molecular complexity index is 563. The second-order valence-corrected chi connectivity index (χ2v) is 6.18. The molecule has 2 aromatic heterocycles. The van der Waals surface area contributed by atoms with Gasteiger partial charge in [-0.1, -0.05) is 6.92 Å². The molecule has 2 atom stereocenters. The Balaban J connectivity index is 1.80. The lowest BCUT2D eigenvalue weighted by molar-refractivity contribution is -0.120. The smallest absolute Gasteiger partial charge is 0.226 e. The minimum absolute atomic E-state index is 0.0449. The minimum atomic E-state index is -0.340. The Kier molecular flexibility index (Phi) is 5.52. The normalized spacial score (nSPS) is 13.9. The molecule has 114 valence electrons. The molecule has 2 rings (SSSR count). The third-order valence-corrected chi connectivity index (χ3v) is 3.99. The van der Waals surface area contributed by atoms with E-state index in [0.717, 1.165) is 16.3 Å². The van der Waals surface area contributed by atoms with E-state index in [0.29, 0.717) is 13.0 Å². The molecule has 0 saturated heterocycles. The van der Waals surface area contributed by atoms with Gasteiger partial charge in [-0.05, 0) is 25.3 Å². The molecule has 0 spiro atoms. The molecular weight excluding hydrogens is 288 g/mol. The van der Waals surface area contributed by atoms with Crippen molar-refractivity contribution in [1.29, 1.82) is 0 Å². The van der Waals surface area contributed by atoms with Gasteiger partial charge in [0.05, 0.1) is 24.5 Å². The second kappa shape index (κ2) is 7.38. The quantitative estimate of drug-likeness (QED) is 0.824. The summed E-state index contributed by atoms with van der Waals surface area (Å²) in [5.74, 6) is 0.211. The summed E-state index contributed by atoms with van der Waals surface area (Å²) in [6.45, 7) is 4.33. The van der Waals surface area contributed by atoms with Crippen LogP contribution in [0.5, 0.6) is 0 Å². The van der Waals surface area contributed by atoms with Crippen molar-refractivity contribution >= 4 is 17.2 Å². The van der Waals surface area contributed by atoms with E-state index in [1.165, 1.54) is 11.3 Å². The number of hydrogen-bond donors (Lipinski definition) is 2. The summed E-state index contributed by atoms with van der Waals surface area (Å²) in [5.41, 5.74) is 1.69. The second-order valence-electron chi connectivity index (χ2n) is 5.33. The van der Waals surface area contributed by atoms with Gasteiger partial charge >= 0.3 is 0 Å². The summed E-state index contributed by atoms with van der Waals surface area (Å²) in [5, 5.41) is 14.9. The van der Waals surface area contributed by atoms with Gasteiger partial charge in [0, 0.05) is 17.5 Å². The van der Waals surface area contributed by atoms with Crippen molar-refractivity contribution in [3.05, 3.63) is 29.7 Å². The van der Waals surface area contributed by atoms with Crippen LogP contribution in [0.25, 0.3) is 10.6 Å². The molecule has 0 aliphatic rings. The van der Waals surface area contributed by atoms with Crippen LogP contribution in [0.15, 0.2) is 28.4 Å². The van der Waals surface area contributed by atoms with Gasteiger partial charge in [-0.3, -0.25) is 4.79 Å². The first-order valence-electron chi connectivity index (χ1n) is 6.96. The SMILES string of the molecule is CC(O)CC(C)CNC(=O)Cc1csc(-c2ccoc2)n1. The van der Waals surface area contributed by atoms with Gasteiger partial charge in [0.1, 0.15) is 11.3 Å². The van der Waals surface area contributed by atoms with Crippen molar-refractivity contribution in [3.63, 3.8) is 0 Å². The van der Waals surface area contributed by atoms with E-state index in [-0.39, 0.29) is 24.3 Å². The lowest BCUT2D eigenvalue weighted by Crippen LogP contribution is -2.30. The van der Waals surface area contributed by atoms with E-state index < -0.39 is 0 Å². The molecule has 0 aliphatic carbocycles. The molecule has 6 heteroatoms. The standard InChI is InChI=1S/C15H20N2O3S/c1-10(5-11(2)18)7-16-14(19)6-13-9-21-15(17-13)12-3-4-20-8-12/h3-4,8-11,18H,5-7H2,1-2H3,(H,16,19). The Morgan fingerprint density at radius 1 is 1.52 bits per heavy atom. The van der Waals surface area contributed by atoms with Crippen LogP contribution in [-0.2, 0) is 11.2 Å². The van der Waals surface area contributed by atoms with Gasteiger partial charge in [0.2, 0.25) is 5.91 Å². The lowest BCUT2D eigenvalue weighted by Gasteiger charge is -2.13. The number of rotatable bonds is 7. The van der Waals surface area contributed by atoms with Crippen molar-refractivity contribution in [1.82, 2.24) is 10.3 Å². The molecule has 0 bridgehead atoms. The van der Waals surface area contributed by atoms with E-state index in [4.69, 9.17) is 4.42 Å². The van der Waals surface area contributed by atoms with Crippen molar-refractivity contribution < 1.29 is 14.3 Å². The number of nitrogens with zero attached hydrogens (tertiary/aromatic N) is 1. The maximum absolute atomic E-state index is 11.9. The fourth-order valence-corrected chi connectivity index (χ4v) is 2.89. The van der Waals surface area contributed by atoms with Crippen molar-refractivity contribution in [2.24, 2.45) is 5.92 Å². The van der Waals surface area contributed by atoms with E-state index >= 15 is 0 Å². The first-order valence-corrected chi connectivity index (χ1v) is 7.84. The molecule has 0 fully saturated rings. The summed E-state index contributed by atoms with van der Waals surface area (Å²) >= 11 is 1.50. The summed E-state index contributed by atoms with van der Waals surface area (Å²) in [6, 6.07) is 1.85. The molecule has 2 heterocycles. The summed E-state index contributed by atoms with van der Waals surface area (Å²) in [7, 11) is 0. The Morgan fingerprint density at radius 3 is 3.00 bits per heavy atom. The van der Waals surface area contributed by atoms with E-state index in [2.05, 4.69) is 10.3 Å². The number of hydrogen-bond acceptors (Lipinski definition) is 5. The third-order valence-electron chi connectivity index (χ3n) is 3.05. The first-order chi connectivity index (χ1) is 10.0. The molecule has 0 aromatic carbocycles. The highest BCUT2D eigenvalue weighted by molar-refractivity contribution is 7.13. The number of aromatic nitrogens is 1. The number of aliphatic hydroxyl groups is 1. The van der Waals surface area contributed by atoms with E-state index in [1.807, 2.05) is 18.4 Å². The number of furan rings is 1. The highest BCUT2D eigenvalue weighted by Crippen LogP contribution is 2.24. The van der Waals surface area contributed by atoms with Crippen LogP contribution in [0.4, 0.5) is 0 Å². The molecule has 0 saturated carbocycles. The van der Waals surface area contributed by atoms with Crippen LogP contribution in [-0.4, -0.2) is 28.6 Å². The molecule has 0 aliphatic heterocycles. The van der Waals surface area contributed by atoms with Crippen molar-refractivity contribution in [3.8, 4) is 10.6 Å². The maximum atomic E-state index is 11.9. The van der Waals surface area contributed by atoms with Crippen LogP contribution in [0.3, 0.4) is 0 Å². The minimum Gasteiger partial charge on any atom is -0.472 e. The van der Waals surface area contributed by atoms with Crippen molar-refractivity contribution in [2.75, 3.05) is 6.54 Å². The van der Waals surface area contributed by atoms with Gasteiger partial charge in [-0.15, -0.1) is 11.3 Å². The van der Waals surface area contributed by atoms with Crippen LogP contribution < -0.4 is 5.32 Å². The largest absolute Gasteiger partial charge is 0.472 e. The molecular formula is C15H20N2O3S. The number of thiazole rings is 1. The summed E-state index contributed by atoms with van der Waals surface area (Å²) in [6.07, 6.45) is 3.86. The predicted molar refractivity (Wildman–Crippen MR) is 82.0 cm³/mol. The maximum Gasteiger partial charge on any atom is 0.226 e. The summed E-state index contributed by atoms with van der Waals surface area (Å²) < 4.78 is 5.02. The fourth-order valence-electron chi connectivity index (χ4n) is 2.09. The number of carbonyl (C=O) groups is 1. The van der Waals surface area contributed by atoms with Gasteiger partial charge < -0.3 is 14.8 Å². The number of nitrogens with one attached hydrogen (secondary N) is 1.